The van der Waals surface area contributed by atoms with Crippen LogP contribution in [0.15, 0.2) is 21.5 Å². The summed E-state index contributed by atoms with van der Waals surface area (Å²) in [6.07, 6.45) is 0. The van der Waals surface area contributed by atoms with Crippen LogP contribution in [0.4, 0.5) is 4.39 Å². The number of carboxylic acids is 1. The third kappa shape index (κ3) is 4.22. The average molecular weight is 384 g/mol. The van der Waals surface area contributed by atoms with Crippen molar-refractivity contribution < 1.29 is 27.4 Å². The zero-order valence-electron chi connectivity index (χ0n) is 11.5. The van der Waals surface area contributed by atoms with Gasteiger partial charge in [0.2, 0.25) is 10.0 Å². The minimum Gasteiger partial charge on any atom is -0.478 e. The fraction of sp³-hybridized carbons (Fsp3) is 0.417. The summed E-state index contributed by atoms with van der Waals surface area (Å²) in [6.45, 7) is 2.39. The van der Waals surface area contributed by atoms with Gasteiger partial charge in [0.25, 0.3) is 0 Å². The van der Waals surface area contributed by atoms with Crippen molar-refractivity contribution in [3.63, 3.8) is 0 Å². The Morgan fingerprint density at radius 3 is 2.62 bits per heavy atom. The first-order chi connectivity index (χ1) is 9.71. The predicted molar refractivity (Wildman–Crippen MR) is 77.4 cm³/mol. The van der Waals surface area contributed by atoms with Gasteiger partial charge in [0.1, 0.15) is 4.90 Å². The number of aromatic carboxylic acids is 1. The summed E-state index contributed by atoms with van der Waals surface area (Å²) >= 11 is 2.98. The van der Waals surface area contributed by atoms with Gasteiger partial charge in [-0.25, -0.2) is 17.6 Å². The molecule has 0 aliphatic carbocycles. The lowest BCUT2D eigenvalue weighted by Gasteiger charge is -2.18. The van der Waals surface area contributed by atoms with Gasteiger partial charge in [0.15, 0.2) is 5.82 Å². The van der Waals surface area contributed by atoms with E-state index in [9.17, 15) is 17.6 Å². The molecule has 1 aromatic rings. The predicted octanol–water partition coefficient (Wildman–Crippen LogP) is 1.94. The highest BCUT2D eigenvalue weighted by atomic mass is 79.9. The highest BCUT2D eigenvalue weighted by Crippen LogP contribution is 2.26. The van der Waals surface area contributed by atoms with E-state index in [1.165, 1.54) is 7.05 Å². The van der Waals surface area contributed by atoms with Gasteiger partial charge in [-0.05, 0) is 19.1 Å². The average Bonchev–Trinajstić information content (AvgIpc) is 2.40. The molecule has 0 atom stereocenters. The van der Waals surface area contributed by atoms with Crippen LogP contribution in [0.1, 0.15) is 17.3 Å². The van der Waals surface area contributed by atoms with Crippen molar-refractivity contribution in [3.05, 3.63) is 28.0 Å². The van der Waals surface area contributed by atoms with E-state index in [2.05, 4.69) is 15.9 Å². The molecule has 0 amide bonds. The Kier molecular flexibility index (Phi) is 6.26. The van der Waals surface area contributed by atoms with Gasteiger partial charge in [0.05, 0.1) is 12.2 Å². The number of hydrogen-bond donors (Lipinski definition) is 1. The molecule has 21 heavy (non-hydrogen) atoms. The van der Waals surface area contributed by atoms with Gasteiger partial charge >= 0.3 is 5.97 Å². The highest BCUT2D eigenvalue weighted by molar-refractivity contribution is 9.10. The molecule has 9 heteroatoms. The molecular formula is C12H15BrFNO5S. The van der Waals surface area contributed by atoms with Gasteiger partial charge in [-0.2, -0.15) is 4.31 Å². The molecule has 0 aliphatic rings. The molecule has 0 aliphatic heterocycles. The molecule has 0 unspecified atom stereocenters. The number of rotatable bonds is 7. The molecule has 0 fully saturated rings. The lowest BCUT2D eigenvalue weighted by atomic mass is 10.2. The van der Waals surface area contributed by atoms with E-state index in [4.69, 9.17) is 9.84 Å². The molecule has 0 saturated heterocycles. The Balaban J connectivity index is 3.22. The zero-order valence-corrected chi connectivity index (χ0v) is 13.9. The Morgan fingerprint density at radius 1 is 1.48 bits per heavy atom. The standard InChI is InChI=1S/C12H15BrFNO5S/c1-3-20-5-4-15(2)21(18,19)10-7-8(13)6-9(11(10)14)12(16)17/h6-7H,3-5H2,1-2H3,(H,16,17). The van der Waals surface area contributed by atoms with E-state index in [0.717, 1.165) is 16.4 Å². The molecule has 1 aromatic carbocycles. The summed E-state index contributed by atoms with van der Waals surface area (Å²) in [5.41, 5.74) is -0.707. The van der Waals surface area contributed by atoms with Crippen LogP contribution >= 0.6 is 15.9 Å². The molecule has 0 saturated carbocycles. The molecule has 0 aromatic heterocycles. The van der Waals surface area contributed by atoms with Gasteiger partial charge in [0, 0.05) is 24.7 Å². The number of carboxylic acid groups (broad SMARTS) is 1. The van der Waals surface area contributed by atoms with Crippen molar-refractivity contribution in [2.75, 3.05) is 26.8 Å². The van der Waals surface area contributed by atoms with Crippen LogP contribution in [0.5, 0.6) is 0 Å². The van der Waals surface area contributed by atoms with Crippen molar-refractivity contribution in [1.82, 2.24) is 4.31 Å². The summed E-state index contributed by atoms with van der Waals surface area (Å²) < 4.78 is 44.8. The summed E-state index contributed by atoms with van der Waals surface area (Å²) in [7, 11) is -2.87. The topological polar surface area (TPSA) is 83.9 Å². The van der Waals surface area contributed by atoms with E-state index >= 15 is 0 Å². The molecule has 118 valence electrons. The lowest BCUT2D eigenvalue weighted by molar-refractivity contribution is 0.0691. The number of ether oxygens (including phenoxy) is 1. The smallest absolute Gasteiger partial charge is 0.338 e. The highest BCUT2D eigenvalue weighted by Gasteiger charge is 2.28. The lowest BCUT2D eigenvalue weighted by Crippen LogP contribution is -2.31. The maximum atomic E-state index is 14.1. The summed E-state index contributed by atoms with van der Waals surface area (Å²) in [5, 5.41) is 8.90. The van der Waals surface area contributed by atoms with E-state index in [1.807, 2.05) is 0 Å². The monoisotopic (exact) mass is 383 g/mol. The Labute approximate surface area is 130 Å². The van der Waals surface area contributed by atoms with E-state index < -0.39 is 32.3 Å². The minimum absolute atomic E-state index is 0.0323. The summed E-state index contributed by atoms with van der Waals surface area (Å²) in [4.78, 5) is 10.3. The second-order valence-corrected chi connectivity index (χ2v) is 7.02. The van der Waals surface area contributed by atoms with Crippen molar-refractivity contribution in [2.24, 2.45) is 0 Å². The second kappa shape index (κ2) is 7.30. The Morgan fingerprint density at radius 2 is 2.10 bits per heavy atom. The maximum Gasteiger partial charge on any atom is 0.338 e. The van der Waals surface area contributed by atoms with E-state index in [-0.39, 0.29) is 17.6 Å². The van der Waals surface area contributed by atoms with Gasteiger partial charge in [-0.15, -0.1) is 0 Å². The summed E-state index contributed by atoms with van der Waals surface area (Å²) in [5.74, 6) is -2.82. The van der Waals surface area contributed by atoms with Crippen LogP contribution < -0.4 is 0 Å². The third-order valence-electron chi connectivity index (χ3n) is 2.68. The normalized spacial score (nSPS) is 11.9. The maximum absolute atomic E-state index is 14.1. The van der Waals surface area contributed by atoms with Gasteiger partial charge < -0.3 is 9.84 Å². The molecule has 1 N–H and O–H groups in total. The number of hydrogen-bond acceptors (Lipinski definition) is 4. The molecule has 0 bridgehead atoms. The summed E-state index contributed by atoms with van der Waals surface area (Å²) in [6, 6.07) is 2.05. The Hall–Kier alpha value is -1.03. The van der Waals surface area contributed by atoms with E-state index in [1.54, 1.807) is 6.92 Å². The zero-order chi connectivity index (χ0) is 16.2. The number of benzene rings is 1. The molecule has 0 radical (unpaired) electrons. The quantitative estimate of drug-likeness (QED) is 0.727. The van der Waals surface area contributed by atoms with Crippen molar-refractivity contribution in [1.29, 1.82) is 0 Å². The molecule has 0 heterocycles. The number of nitrogens with zero attached hydrogens (tertiary/aromatic N) is 1. The first-order valence-corrected chi connectivity index (χ1v) is 8.21. The molecule has 1 rings (SSSR count). The van der Waals surface area contributed by atoms with Gasteiger partial charge in [-0.1, -0.05) is 15.9 Å². The number of carbonyl (C=O) groups is 1. The third-order valence-corrected chi connectivity index (χ3v) is 4.99. The van der Waals surface area contributed by atoms with Crippen LogP contribution in [-0.2, 0) is 14.8 Å². The first kappa shape index (κ1) is 18.0. The Bertz CT molecular complexity index is 635. The molecule has 0 spiro atoms. The largest absolute Gasteiger partial charge is 0.478 e. The molecule has 6 nitrogen and oxygen atoms in total. The fourth-order valence-electron chi connectivity index (χ4n) is 1.53. The fourth-order valence-corrected chi connectivity index (χ4v) is 3.41. The van der Waals surface area contributed by atoms with Crippen molar-refractivity contribution in [3.8, 4) is 0 Å². The molecular weight excluding hydrogens is 369 g/mol. The van der Waals surface area contributed by atoms with Crippen LogP contribution in [0.25, 0.3) is 0 Å². The number of halogens is 2. The minimum atomic E-state index is -4.14. The van der Waals surface area contributed by atoms with Crippen LogP contribution in [-0.4, -0.2) is 50.6 Å². The number of likely N-dealkylation sites (N-methyl/N-ethyl adjacent to an activating group) is 1. The van der Waals surface area contributed by atoms with Gasteiger partial charge in [-0.3, -0.25) is 0 Å². The second-order valence-electron chi connectivity index (χ2n) is 4.09. The first-order valence-electron chi connectivity index (χ1n) is 5.98. The van der Waals surface area contributed by atoms with Crippen LogP contribution in [0, 0.1) is 5.82 Å². The number of sulfonamides is 1. The van der Waals surface area contributed by atoms with E-state index in [0.29, 0.717) is 6.61 Å². The van der Waals surface area contributed by atoms with Crippen molar-refractivity contribution in [2.45, 2.75) is 11.8 Å². The SMILES string of the molecule is CCOCCN(C)S(=O)(=O)c1cc(Br)cc(C(=O)O)c1F. The van der Waals surface area contributed by atoms with Crippen molar-refractivity contribution >= 4 is 31.9 Å². The van der Waals surface area contributed by atoms with Crippen LogP contribution in [0.2, 0.25) is 0 Å². The van der Waals surface area contributed by atoms with Crippen LogP contribution in [0.3, 0.4) is 0 Å².